The molecule has 0 heterocycles. The van der Waals surface area contributed by atoms with Crippen LogP contribution < -0.4 is 10.6 Å². The maximum absolute atomic E-state index is 11.9. The number of carbonyl (C=O) groups is 2. The summed E-state index contributed by atoms with van der Waals surface area (Å²) in [6, 6.07) is -0.416. The van der Waals surface area contributed by atoms with Crippen LogP contribution in [0.5, 0.6) is 0 Å². The molecule has 3 N–H and O–H groups in total. The summed E-state index contributed by atoms with van der Waals surface area (Å²) in [5, 5.41) is 15.0. The Labute approximate surface area is 114 Å². The highest BCUT2D eigenvalue weighted by Crippen LogP contribution is 2.38. The van der Waals surface area contributed by atoms with E-state index < -0.39 is 17.5 Å². The molecule has 5 nitrogen and oxygen atoms in total. The van der Waals surface area contributed by atoms with Crippen LogP contribution in [0.3, 0.4) is 0 Å². The summed E-state index contributed by atoms with van der Waals surface area (Å²) in [6.45, 7) is 6.07. The molecule has 0 aromatic rings. The van der Waals surface area contributed by atoms with Crippen molar-refractivity contribution in [1.29, 1.82) is 0 Å². The molecule has 1 aliphatic rings. The van der Waals surface area contributed by atoms with Crippen molar-refractivity contribution < 1.29 is 14.7 Å². The number of hydrogen-bond acceptors (Lipinski definition) is 2. The lowest BCUT2D eigenvalue weighted by atomic mass is 9.67. The van der Waals surface area contributed by atoms with E-state index in [4.69, 9.17) is 0 Å². The van der Waals surface area contributed by atoms with Crippen LogP contribution in [0.25, 0.3) is 0 Å². The number of hydrogen-bond donors (Lipinski definition) is 3. The Balaban J connectivity index is 2.81. The number of rotatable bonds is 4. The molecule has 1 rings (SSSR count). The average molecular weight is 268 g/mol. The Morgan fingerprint density at radius 1 is 1.32 bits per heavy atom. The van der Waals surface area contributed by atoms with Gasteiger partial charge in [-0.15, -0.1) is 0 Å². The molecular weight excluding hydrogens is 244 g/mol. The number of nitrogens with one attached hydrogen (secondary N) is 2. The van der Waals surface area contributed by atoms with Crippen molar-refractivity contribution in [3.63, 3.8) is 0 Å². The van der Waals surface area contributed by atoms with Gasteiger partial charge in [0.1, 0.15) is 5.54 Å². The summed E-state index contributed by atoms with van der Waals surface area (Å²) in [6.07, 6.45) is 6.30. The normalized spacial score (nSPS) is 31.1. The number of carboxylic acid groups (broad SMARTS) is 1. The molecule has 1 saturated carbocycles. The van der Waals surface area contributed by atoms with Crippen LogP contribution in [0.1, 0.15) is 40.0 Å². The molecule has 108 valence electrons. The molecule has 0 aliphatic heterocycles. The van der Waals surface area contributed by atoms with E-state index >= 15 is 0 Å². The minimum atomic E-state index is -1.15. The monoisotopic (exact) mass is 268 g/mol. The molecule has 19 heavy (non-hydrogen) atoms. The minimum absolute atomic E-state index is 0.0683. The van der Waals surface area contributed by atoms with Crippen molar-refractivity contribution in [2.75, 3.05) is 6.54 Å². The smallest absolute Gasteiger partial charge is 0.330 e. The van der Waals surface area contributed by atoms with E-state index in [9.17, 15) is 14.7 Å². The first-order chi connectivity index (χ1) is 8.95. The number of carboxylic acids is 1. The van der Waals surface area contributed by atoms with Gasteiger partial charge in [0.05, 0.1) is 0 Å². The molecule has 0 aromatic heterocycles. The van der Waals surface area contributed by atoms with Crippen LogP contribution in [0, 0.1) is 11.8 Å². The van der Waals surface area contributed by atoms with Gasteiger partial charge in [0.25, 0.3) is 0 Å². The summed E-state index contributed by atoms with van der Waals surface area (Å²) >= 11 is 0. The Morgan fingerprint density at radius 3 is 2.37 bits per heavy atom. The second-order valence-electron chi connectivity index (χ2n) is 5.31. The fraction of sp³-hybridized carbons (Fsp3) is 0.714. The third-order valence-electron chi connectivity index (χ3n) is 4.12. The highest BCUT2D eigenvalue weighted by Gasteiger charge is 2.51. The van der Waals surface area contributed by atoms with Crippen LogP contribution in [0.15, 0.2) is 12.2 Å². The Bertz CT molecular complexity index is 356. The molecule has 2 atom stereocenters. The lowest BCUT2D eigenvalue weighted by molar-refractivity contribution is -0.151. The summed E-state index contributed by atoms with van der Waals surface area (Å²) in [5.74, 6) is -1.07. The van der Waals surface area contributed by atoms with Gasteiger partial charge in [0.15, 0.2) is 0 Å². The second kappa shape index (κ2) is 6.59. The van der Waals surface area contributed by atoms with Gasteiger partial charge in [-0.2, -0.15) is 0 Å². The van der Waals surface area contributed by atoms with E-state index in [-0.39, 0.29) is 11.8 Å². The maximum atomic E-state index is 11.9. The predicted molar refractivity (Wildman–Crippen MR) is 73.9 cm³/mol. The highest BCUT2D eigenvalue weighted by molar-refractivity contribution is 5.87. The first-order valence-corrected chi connectivity index (χ1v) is 6.85. The van der Waals surface area contributed by atoms with E-state index in [0.29, 0.717) is 6.54 Å². The molecular formula is C14H24N2O3. The van der Waals surface area contributed by atoms with Crippen LogP contribution in [0.4, 0.5) is 4.79 Å². The van der Waals surface area contributed by atoms with Gasteiger partial charge in [-0.25, -0.2) is 9.59 Å². The maximum Gasteiger partial charge on any atom is 0.330 e. The lowest BCUT2D eigenvalue weighted by Gasteiger charge is -2.44. The molecule has 0 bridgehead atoms. The largest absolute Gasteiger partial charge is 0.479 e. The van der Waals surface area contributed by atoms with Gasteiger partial charge in [0.2, 0.25) is 0 Å². The van der Waals surface area contributed by atoms with E-state index in [1.54, 1.807) is 6.08 Å². The third-order valence-corrected chi connectivity index (χ3v) is 4.12. The Morgan fingerprint density at radius 2 is 1.89 bits per heavy atom. The second-order valence-corrected chi connectivity index (χ2v) is 5.31. The molecule has 2 amide bonds. The van der Waals surface area contributed by atoms with E-state index in [2.05, 4.69) is 10.6 Å². The number of urea groups is 1. The summed E-state index contributed by atoms with van der Waals surface area (Å²) in [5.41, 5.74) is -1.15. The van der Waals surface area contributed by atoms with Crippen molar-refractivity contribution in [3.05, 3.63) is 12.2 Å². The lowest BCUT2D eigenvalue weighted by Crippen LogP contribution is -2.65. The van der Waals surface area contributed by atoms with Gasteiger partial charge in [0, 0.05) is 6.54 Å². The van der Waals surface area contributed by atoms with Crippen molar-refractivity contribution in [1.82, 2.24) is 10.6 Å². The van der Waals surface area contributed by atoms with E-state index in [0.717, 1.165) is 19.3 Å². The van der Waals surface area contributed by atoms with Crippen LogP contribution in [0.2, 0.25) is 0 Å². The van der Waals surface area contributed by atoms with Crippen LogP contribution in [-0.4, -0.2) is 29.2 Å². The highest BCUT2D eigenvalue weighted by atomic mass is 16.4. The molecule has 1 aliphatic carbocycles. The first-order valence-electron chi connectivity index (χ1n) is 6.85. The number of carbonyl (C=O) groups excluding carboxylic acids is 1. The fourth-order valence-corrected chi connectivity index (χ4v) is 2.89. The summed E-state index contributed by atoms with van der Waals surface area (Å²) in [7, 11) is 0. The zero-order valence-electron chi connectivity index (χ0n) is 11.9. The van der Waals surface area contributed by atoms with Crippen LogP contribution >= 0.6 is 0 Å². The van der Waals surface area contributed by atoms with Gasteiger partial charge in [-0.05, 0) is 31.6 Å². The van der Waals surface area contributed by atoms with Crippen molar-refractivity contribution in [2.45, 2.75) is 45.6 Å². The van der Waals surface area contributed by atoms with Crippen LogP contribution in [-0.2, 0) is 4.79 Å². The van der Waals surface area contributed by atoms with Gasteiger partial charge in [-0.1, -0.05) is 32.4 Å². The predicted octanol–water partition coefficient (Wildman–Crippen LogP) is 2.14. The number of aliphatic carboxylic acids is 1. The molecule has 1 fully saturated rings. The van der Waals surface area contributed by atoms with Gasteiger partial charge >= 0.3 is 12.0 Å². The molecule has 5 heteroatoms. The van der Waals surface area contributed by atoms with Crippen molar-refractivity contribution in [3.8, 4) is 0 Å². The number of amides is 2. The molecule has 0 spiro atoms. The molecule has 0 aromatic carbocycles. The molecule has 2 unspecified atom stereocenters. The topological polar surface area (TPSA) is 78.4 Å². The summed E-state index contributed by atoms with van der Waals surface area (Å²) in [4.78, 5) is 23.6. The Kier molecular flexibility index (Phi) is 5.39. The quantitative estimate of drug-likeness (QED) is 0.683. The van der Waals surface area contributed by atoms with E-state index in [1.165, 1.54) is 0 Å². The van der Waals surface area contributed by atoms with E-state index in [1.807, 2.05) is 26.8 Å². The summed E-state index contributed by atoms with van der Waals surface area (Å²) < 4.78 is 0. The fourth-order valence-electron chi connectivity index (χ4n) is 2.89. The first kappa shape index (κ1) is 15.5. The number of allylic oxidation sites excluding steroid dienone is 1. The zero-order valence-corrected chi connectivity index (χ0v) is 11.9. The average Bonchev–Trinajstić information content (AvgIpc) is 2.34. The standard InChI is InChI=1S/C14H24N2O3/c1-4-5-9-15-13(19)16-14(12(17)18)10(2)7-6-8-11(14)3/h4-5,10-11H,6-9H2,1-3H3,(H,17,18)(H2,15,16,19)/b5-4+. The minimum Gasteiger partial charge on any atom is -0.479 e. The van der Waals surface area contributed by atoms with Gasteiger partial charge < -0.3 is 15.7 Å². The third kappa shape index (κ3) is 3.28. The van der Waals surface area contributed by atoms with Crippen molar-refractivity contribution >= 4 is 12.0 Å². The van der Waals surface area contributed by atoms with Crippen molar-refractivity contribution in [2.24, 2.45) is 11.8 Å². The molecule has 0 saturated heterocycles. The Hall–Kier alpha value is -1.52. The molecule has 0 radical (unpaired) electrons. The zero-order chi connectivity index (χ0) is 14.5. The SMILES string of the molecule is C/C=C/CNC(=O)NC1(C(=O)O)C(C)CCCC1C. The van der Waals surface area contributed by atoms with Gasteiger partial charge in [-0.3, -0.25) is 0 Å².